The summed E-state index contributed by atoms with van der Waals surface area (Å²) in [7, 11) is 0. The van der Waals surface area contributed by atoms with Gasteiger partial charge in [-0.3, -0.25) is 0 Å². The maximum atomic E-state index is 6.12. The van der Waals surface area contributed by atoms with Crippen molar-refractivity contribution in [1.82, 2.24) is 5.32 Å². The van der Waals surface area contributed by atoms with Crippen molar-refractivity contribution in [2.45, 2.75) is 33.4 Å². The molecule has 1 unspecified atom stereocenters. The minimum Gasteiger partial charge on any atom is -0.489 e. The number of hydrogen-bond acceptors (Lipinski definition) is 2. The van der Waals surface area contributed by atoms with Gasteiger partial charge in [-0.15, -0.1) is 0 Å². The van der Waals surface area contributed by atoms with Crippen molar-refractivity contribution in [2.75, 3.05) is 6.54 Å². The van der Waals surface area contributed by atoms with E-state index < -0.39 is 0 Å². The Morgan fingerprint density at radius 3 is 2.71 bits per heavy atom. The molecule has 112 valence electrons. The number of ether oxygens (including phenoxy) is 1. The SMILES string of the molecule is CCNC(C)c1cc(Cl)ccc1OCc1cccc(C)c1. The second kappa shape index (κ2) is 7.48. The largest absolute Gasteiger partial charge is 0.489 e. The van der Waals surface area contributed by atoms with Gasteiger partial charge in [0.25, 0.3) is 0 Å². The predicted molar refractivity (Wildman–Crippen MR) is 89.1 cm³/mol. The minimum absolute atomic E-state index is 0.209. The van der Waals surface area contributed by atoms with Gasteiger partial charge in [-0.2, -0.15) is 0 Å². The van der Waals surface area contributed by atoms with Crippen LogP contribution in [-0.2, 0) is 6.61 Å². The highest BCUT2D eigenvalue weighted by Crippen LogP contribution is 2.29. The number of rotatable bonds is 6. The molecule has 2 rings (SSSR count). The Bertz CT molecular complexity index is 598. The van der Waals surface area contributed by atoms with E-state index in [9.17, 15) is 0 Å². The zero-order valence-corrected chi connectivity index (χ0v) is 13.6. The van der Waals surface area contributed by atoms with Crippen molar-refractivity contribution in [3.8, 4) is 5.75 Å². The van der Waals surface area contributed by atoms with Crippen LogP contribution in [0.25, 0.3) is 0 Å². The normalized spacial score (nSPS) is 12.2. The van der Waals surface area contributed by atoms with E-state index >= 15 is 0 Å². The highest BCUT2D eigenvalue weighted by atomic mass is 35.5. The van der Waals surface area contributed by atoms with E-state index in [1.807, 2.05) is 18.2 Å². The third-order valence-electron chi connectivity index (χ3n) is 3.43. The molecule has 0 aliphatic rings. The quantitative estimate of drug-likeness (QED) is 0.819. The van der Waals surface area contributed by atoms with Crippen molar-refractivity contribution in [2.24, 2.45) is 0 Å². The summed E-state index contributed by atoms with van der Waals surface area (Å²) in [6.45, 7) is 7.77. The van der Waals surface area contributed by atoms with E-state index in [-0.39, 0.29) is 6.04 Å². The predicted octanol–water partition coefficient (Wildman–Crippen LogP) is 4.90. The fraction of sp³-hybridized carbons (Fsp3) is 0.333. The van der Waals surface area contributed by atoms with Crippen LogP contribution in [0.4, 0.5) is 0 Å². The maximum absolute atomic E-state index is 6.12. The molecule has 1 N–H and O–H groups in total. The molecule has 0 aliphatic heterocycles. The van der Waals surface area contributed by atoms with E-state index in [0.717, 1.165) is 22.9 Å². The number of hydrogen-bond donors (Lipinski definition) is 1. The van der Waals surface area contributed by atoms with Crippen LogP contribution in [0, 0.1) is 6.92 Å². The van der Waals surface area contributed by atoms with Gasteiger partial charge in [0.2, 0.25) is 0 Å². The lowest BCUT2D eigenvalue weighted by molar-refractivity contribution is 0.300. The van der Waals surface area contributed by atoms with Crippen LogP contribution < -0.4 is 10.1 Å². The first-order chi connectivity index (χ1) is 10.1. The Kier molecular flexibility index (Phi) is 5.66. The highest BCUT2D eigenvalue weighted by molar-refractivity contribution is 6.30. The van der Waals surface area contributed by atoms with Gasteiger partial charge in [0.1, 0.15) is 12.4 Å². The monoisotopic (exact) mass is 303 g/mol. The fourth-order valence-corrected chi connectivity index (χ4v) is 2.55. The highest BCUT2D eigenvalue weighted by Gasteiger charge is 2.11. The molecule has 21 heavy (non-hydrogen) atoms. The summed E-state index contributed by atoms with van der Waals surface area (Å²) in [4.78, 5) is 0. The van der Waals surface area contributed by atoms with E-state index in [0.29, 0.717) is 6.61 Å². The topological polar surface area (TPSA) is 21.3 Å². The van der Waals surface area contributed by atoms with Gasteiger partial charge in [0.15, 0.2) is 0 Å². The van der Waals surface area contributed by atoms with Gasteiger partial charge in [-0.1, -0.05) is 48.4 Å². The third kappa shape index (κ3) is 4.48. The number of halogens is 1. The summed E-state index contributed by atoms with van der Waals surface area (Å²) >= 11 is 6.12. The molecule has 0 aromatic heterocycles. The molecular weight excluding hydrogens is 282 g/mol. The molecule has 0 saturated heterocycles. The van der Waals surface area contributed by atoms with Gasteiger partial charge in [-0.25, -0.2) is 0 Å². The molecule has 3 heteroatoms. The average Bonchev–Trinajstić information content (AvgIpc) is 2.46. The second-order valence-corrected chi connectivity index (χ2v) is 5.68. The molecule has 0 amide bonds. The zero-order chi connectivity index (χ0) is 15.2. The molecule has 2 aromatic carbocycles. The van der Waals surface area contributed by atoms with Crippen molar-refractivity contribution in [3.05, 3.63) is 64.2 Å². The lowest BCUT2D eigenvalue weighted by atomic mass is 10.1. The van der Waals surface area contributed by atoms with Crippen LogP contribution in [0.2, 0.25) is 5.02 Å². The standard InChI is InChI=1S/C18H22ClNO/c1-4-20-14(3)17-11-16(19)8-9-18(17)21-12-15-7-5-6-13(2)10-15/h5-11,14,20H,4,12H2,1-3H3. The van der Waals surface area contributed by atoms with Crippen molar-refractivity contribution in [1.29, 1.82) is 0 Å². The average molecular weight is 304 g/mol. The van der Waals surface area contributed by atoms with Gasteiger partial charge in [-0.05, 0) is 44.2 Å². The van der Waals surface area contributed by atoms with Crippen LogP contribution in [0.15, 0.2) is 42.5 Å². The van der Waals surface area contributed by atoms with Gasteiger partial charge in [0.05, 0.1) is 0 Å². The Morgan fingerprint density at radius 1 is 1.19 bits per heavy atom. The molecule has 0 fully saturated rings. The first kappa shape index (κ1) is 15.9. The summed E-state index contributed by atoms with van der Waals surface area (Å²) in [6.07, 6.45) is 0. The van der Waals surface area contributed by atoms with Gasteiger partial charge >= 0.3 is 0 Å². The van der Waals surface area contributed by atoms with E-state index in [1.165, 1.54) is 11.1 Å². The molecule has 2 aromatic rings. The summed E-state index contributed by atoms with van der Waals surface area (Å²) in [5.41, 5.74) is 3.51. The molecule has 0 aliphatic carbocycles. The Balaban J connectivity index is 2.15. The molecule has 2 nitrogen and oxygen atoms in total. The zero-order valence-electron chi connectivity index (χ0n) is 12.8. The number of nitrogens with one attached hydrogen (secondary N) is 1. The van der Waals surface area contributed by atoms with Gasteiger partial charge in [0, 0.05) is 16.6 Å². The van der Waals surface area contributed by atoms with Crippen LogP contribution >= 0.6 is 11.6 Å². The summed E-state index contributed by atoms with van der Waals surface area (Å²) in [5.74, 6) is 0.884. The fourth-order valence-electron chi connectivity index (χ4n) is 2.37. The van der Waals surface area contributed by atoms with Crippen molar-refractivity contribution >= 4 is 11.6 Å². The molecule has 0 spiro atoms. The van der Waals surface area contributed by atoms with Crippen molar-refractivity contribution in [3.63, 3.8) is 0 Å². The van der Waals surface area contributed by atoms with Crippen molar-refractivity contribution < 1.29 is 4.74 Å². The molecule has 0 bridgehead atoms. The van der Waals surface area contributed by atoms with Gasteiger partial charge < -0.3 is 10.1 Å². The third-order valence-corrected chi connectivity index (χ3v) is 3.66. The minimum atomic E-state index is 0.209. The number of benzene rings is 2. The Morgan fingerprint density at radius 2 is 2.00 bits per heavy atom. The summed E-state index contributed by atoms with van der Waals surface area (Å²) in [6, 6.07) is 14.4. The number of aryl methyl sites for hydroxylation is 1. The maximum Gasteiger partial charge on any atom is 0.124 e. The van der Waals surface area contributed by atoms with E-state index in [2.05, 4.69) is 50.4 Å². The van der Waals surface area contributed by atoms with E-state index in [1.54, 1.807) is 0 Å². The molecule has 1 atom stereocenters. The van der Waals surface area contributed by atoms with E-state index in [4.69, 9.17) is 16.3 Å². The first-order valence-electron chi connectivity index (χ1n) is 7.31. The van der Waals surface area contributed by atoms with Crippen LogP contribution in [-0.4, -0.2) is 6.54 Å². The molecule has 0 saturated carbocycles. The van der Waals surface area contributed by atoms with Crippen LogP contribution in [0.5, 0.6) is 5.75 Å². The first-order valence-corrected chi connectivity index (χ1v) is 7.69. The second-order valence-electron chi connectivity index (χ2n) is 5.24. The van der Waals surface area contributed by atoms with Crippen LogP contribution in [0.1, 0.15) is 36.6 Å². The Labute approximate surface area is 132 Å². The summed E-state index contributed by atoms with van der Waals surface area (Å²) < 4.78 is 6.00. The lowest BCUT2D eigenvalue weighted by Gasteiger charge is -2.18. The lowest BCUT2D eigenvalue weighted by Crippen LogP contribution is -2.18. The molecular formula is C18H22ClNO. The van der Waals surface area contributed by atoms with Crippen LogP contribution in [0.3, 0.4) is 0 Å². The smallest absolute Gasteiger partial charge is 0.124 e. The summed E-state index contributed by atoms with van der Waals surface area (Å²) in [5, 5.41) is 4.13. The molecule has 0 heterocycles. The molecule has 0 radical (unpaired) electrons. The Hall–Kier alpha value is -1.51.